The number of rotatable bonds is 10. The minimum atomic E-state index is -0.733. The number of thiazole rings is 1. The summed E-state index contributed by atoms with van der Waals surface area (Å²) in [7, 11) is 0. The third-order valence-electron chi connectivity index (χ3n) is 7.79. The molecule has 0 radical (unpaired) electrons. The van der Waals surface area contributed by atoms with E-state index in [0.717, 1.165) is 31.0 Å². The van der Waals surface area contributed by atoms with Gasteiger partial charge in [-0.05, 0) is 101 Å². The molecule has 6 rings (SSSR count). The molecule has 0 amide bonds. The SMILES string of the molecule is CCOC(=O)C1=C(C)N=c2s/c(=C/c3cc(I)c(OCc4ccc([N+](=O)[O-])cc4)c(OCC)c3)c(=O)n2[C@@H]1c1cccc2ccccc12. The van der Waals surface area contributed by atoms with E-state index >= 15 is 0 Å². The first kappa shape index (κ1) is 33.1. The Hall–Kier alpha value is -4.82. The third-order valence-corrected chi connectivity index (χ3v) is 9.58. The van der Waals surface area contributed by atoms with Crippen LogP contribution < -0.4 is 24.4 Å². The van der Waals surface area contributed by atoms with Gasteiger partial charge in [-0.1, -0.05) is 53.8 Å². The van der Waals surface area contributed by atoms with Crippen molar-refractivity contribution >= 4 is 62.4 Å². The highest BCUT2D eigenvalue weighted by molar-refractivity contribution is 14.1. The monoisotopic (exact) mass is 775 g/mol. The molecule has 0 saturated heterocycles. The molecule has 1 aliphatic rings. The summed E-state index contributed by atoms with van der Waals surface area (Å²) in [5, 5.41) is 12.9. The fraction of sp³-hybridized carbons (Fsp3) is 0.194. The quantitative estimate of drug-likeness (QED) is 0.0693. The maximum atomic E-state index is 14.3. The molecule has 0 spiro atoms. The zero-order valence-corrected chi connectivity index (χ0v) is 29.2. The Bertz CT molecular complexity index is 2270. The van der Waals surface area contributed by atoms with Gasteiger partial charge >= 0.3 is 5.97 Å². The van der Waals surface area contributed by atoms with Gasteiger partial charge in [-0.2, -0.15) is 0 Å². The van der Waals surface area contributed by atoms with Gasteiger partial charge in [0.25, 0.3) is 11.2 Å². The summed E-state index contributed by atoms with van der Waals surface area (Å²) in [4.78, 5) is 43.4. The summed E-state index contributed by atoms with van der Waals surface area (Å²) < 4.78 is 20.3. The van der Waals surface area contributed by atoms with Gasteiger partial charge in [0.05, 0.1) is 43.6 Å². The van der Waals surface area contributed by atoms with Crippen molar-refractivity contribution in [2.45, 2.75) is 33.4 Å². The lowest BCUT2D eigenvalue weighted by atomic mass is 9.91. The molecule has 4 aromatic carbocycles. The first-order valence-corrected chi connectivity index (χ1v) is 17.1. The van der Waals surface area contributed by atoms with E-state index in [1.165, 1.54) is 23.5 Å². The predicted molar refractivity (Wildman–Crippen MR) is 192 cm³/mol. The Kier molecular flexibility index (Phi) is 9.73. The molecule has 12 heteroatoms. The van der Waals surface area contributed by atoms with E-state index in [2.05, 4.69) is 22.6 Å². The molecule has 0 unspecified atom stereocenters. The number of ether oxygens (including phenoxy) is 3. The Balaban J connectivity index is 1.43. The minimum absolute atomic E-state index is 0.00804. The van der Waals surface area contributed by atoms with Crippen molar-refractivity contribution in [3.63, 3.8) is 0 Å². The summed E-state index contributed by atoms with van der Waals surface area (Å²) in [5.74, 6) is 0.519. The molecule has 0 bridgehead atoms. The second-order valence-electron chi connectivity index (χ2n) is 10.8. The number of halogens is 1. The number of hydrogen-bond donors (Lipinski definition) is 0. The number of esters is 1. The van der Waals surface area contributed by atoms with Gasteiger partial charge in [-0.25, -0.2) is 9.79 Å². The number of allylic oxidation sites excluding steroid dienone is 1. The van der Waals surface area contributed by atoms with Crippen molar-refractivity contribution in [3.8, 4) is 11.5 Å². The maximum absolute atomic E-state index is 14.3. The summed E-state index contributed by atoms with van der Waals surface area (Å²) in [6.45, 7) is 6.15. The van der Waals surface area contributed by atoms with E-state index in [1.54, 1.807) is 36.6 Å². The number of nitro benzene ring substituents is 1. The average molecular weight is 776 g/mol. The number of carbonyl (C=O) groups excluding carboxylic acids is 1. The van der Waals surface area contributed by atoms with E-state index in [-0.39, 0.29) is 24.5 Å². The molecule has 1 aliphatic heterocycles. The van der Waals surface area contributed by atoms with E-state index in [0.29, 0.717) is 38.7 Å². The lowest BCUT2D eigenvalue weighted by Gasteiger charge is -2.25. The fourth-order valence-electron chi connectivity index (χ4n) is 5.67. The summed E-state index contributed by atoms with van der Waals surface area (Å²) in [5.41, 5.74) is 2.85. The van der Waals surface area contributed by atoms with Gasteiger partial charge in [-0.3, -0.25) is 19.5 Å². The van der Waals surface area contributed by atoms with E-state index in [4.69, 9.17) is 19.2 Å². The summed E-state index contributed by atoms with van der Waals surface area (Å²) >= 11 is 3.42. The molecule has 0 aliphatic carbocycles. The molecule has 0 N–H and O–H groups in total. The summed E-state index contributed by atoms with van der Waals surface area (Å²) in [6.07, 6.45) is 1.79. The van der Waals surface area contributed by atoms with Gasteiger partial charge in [0.15, 0.2) is 16.3 Å². The lowest BCUT2D eigenvalue weighted by Crippen LogP contribution is -2.40. The molecule has 1 aromatic heterocycles. The van der Waals surface area contributed by atoms with Gasteiger partial charge in [0.1, 0.15) is 6.61 Å². The molecular weight excluding hydrogens is 745 g/mol. The first-order chi connectivity index (χ1) is 23.2. The van der Waals surface area contributed by atoms with Crippen molar-refractivity contribution in [2.24, 2.45) is 4.99 Å². The van der Waals surface area contributed by atoms with Crippen LogP contribution in [0.25, 0.3) is 16.8 Å². The van der Waals surface area contributed by atoms with Gasteiger partial charge < -0.3 is 14.2 Å². The van der Waals surface area contributed by atoms with Crippen molar-refractivity contribution in [1.29, 1.82) is 0 Å². The highest BCUT2D eigenvalue weighted by Crippen LogP contribution is 2.36. The van der Waals surface area contributed by atoms with Crippen LogP contribution in [-0.4, -0.2) is 28.7 Å². The van der Waals surface area contributed by atoms with Crippen LogP contribution in [0.15, 0.2) is 99.9 Å². The molecule has 0 saturated carbocycles. The van der Waals surface area contributed by atoms with E-state index in [9.17, 15) is 19.7 Å². The largest absolute Gasteiger partial charge is 0.490 e. The molecule has 10 nitrogen and oxygen atoms in total. The molecule has 0 fully saturated rings. The first-order valence-electron chi connectivity index (χ1n) is 15.2. The average Bonchev–Trinajstić information content (AvgIpc) is 3.37. The van der Waals surface area contributed by atoms with Gasteiger partial charge in [0.2, 0.25) is 0 Å². The zero-order chi connectivity index (χ0) is 33.9. The molecule has 5 aromatic rings. The number of nitro groups is 1. The fourth-order valence-corrected chi connectivity index (χ4v) is 7.50. The van der Waals surface area contributed by atoms with E-state index < -0.39 is 16.9 Å². The Morgan fingerprint density at radius 3 is 2.52 bits per heavy atom. The van der Waals surface area contributed by atoms with Gasteiger partial charge in [-0.15, -0.1) is 0 Å². The Morgan fingerprint density at radius 2 is 1.79 bits per heavy atom. The van der Waals surface area contributed by atoms with Crippen LogP contribution in [0, 0.1) is 13.7 Å². The highest BCUT2D eigenvalue weighted by atomic mass is 127. The third kappa shape index (κ3) is 6.49. The van der Waals surface area contributed by atoms with Crippen molar-refractivity contribution in [1.82, 2.24) is 4.57 Å². The normalized spacial score (nSPS) is 14.4. The van der Waals surface area contributed by atoms with Crippen LogP contribution >= 0.6 is 33.9 Å². The maximum Gasteiger partial charge on any atom is 0.338 e. The number of carbonyl (C=O) groups is 1. The smallest absolute Gasteiger partial charge is 0.338 e. The van der Waals surface area contributed by atoms with Crippen molar-refractivity contribution < 1.29 is 23.9 Å². The molecule has 2 heterocycles. The van der Waals surface area contributed by atoms with Crippen molar-refractivity contribution in [3.05, 3.63) is 140 Å². The predicted octanol–water partition coefficient (Wildman–Crippen LogP) is 6.44. The molecule has 48 heavy (non-hydrogen) atoms. The number of fused-ring (bicyclic) bond motifs is 2. The molecule has 1 atom stereocenters. The number of nitrogens with zero attached hydrogens (tertiary/aromatic N) is 3. The second-order valence-corrected chi connectivity index (χ2v) is 13.0. The van der Waals surface area contributed by atoms with Crippen molar-refractivity contribution in [2.75, 3.05) is 13.2 Å². The van der Waals surface area contributed by atoms with Crippen LogP contribution in [0.2, 0.25) is 0 Å². The molecule has 244 valence electrons. The number of non-ortho nitro benzene ring substituents is 1. The lowest BCUT2D eigenvalue weighted by molar-refractivity contribution is -0.384. The second kappa shape index (κ2) is 14.1. The van der Waals surface area contributed by atoms with E-state index in [1.807, 2.05) is 61.5 Å². The molecular formula is C36H30IN3O7S. The van der Waals surface area contributed by atoms with Crippen LogP contribution in [0.4, 0.5) is 5.69 Å². The zero-order valence-electron chi connectivity index (χ0n) is 26.3. The van der Waals surface area contributed by atoms with Crippen LogP contribution in [0.1, 0.15) is 43.5 Å². The standard InChI is InChI=1S/C36H30IN3O7S/c1-4-45-29-18-23(17-28(37)33(29)47-20-22-13-15-25(16-14-22)40(43)44)19-30-34(41)39-32(27-12-8-10-24-9-6-7-11-26(24)27)31(35(42)46-5-2)21(3)38-36(39)48-30/h6-19,32H,4-5,20H2,1-3H3/b30-19+/t32-/m1/s1. The topological polar surface area (TPSA) is 122 Å². The highest BCUT2D eigenvalue weighted by Gasteiger charge is 2.34. The van der Waals surface area contributed by atoms with Crippen LogP contribution in [0.5, 0.6) is 11.5 Å². The van der Waals surface area contributed by atoms with Crippen LogP contribution in [-0.2, 0) is 16.1 Å². The number of hydrogen-bond acceptors (Lipinski definition) is 9. The van der Waals surface area contributed by atoms with Crippen LogP contribution in [0.3, 0.4) is 0 Å². The number of aromatic nitrogens is 1. The Morgan fingerprint density at radius 1 is 1.04 bits per heavy atom. The minimum Gasteiger partial charge on any atom is -0.490 e. The summed E-state index contributed by atoms with van der Waals surface area (Å²) in [6, 6.07) is 22.9. The number of benzene rings is 4. The Labute approximate surface area is 292 Å². The van der Waals surface area contributed by atoms with Gasteiger partial charge in [0, 0.05) is 12.1 Å².